The van der Waals surface area contributed by atoms with Crippen LogP contribution in [-0.2, 0) is 51.8 Å². The number of aliphatic hydroxyl groups is 1. The Kier molecular flexibility index (Phi) is 36.0. The summed E-state index contributed by atoms with van der Waals surface area (Å²) in [5, 5.41) is 59.7. The van der Waals surface area contributed by atoms with Gasteiger partial charge in [-0.1, -0.05) is 166 Å². The van der Waals surface area contributed by atoms with Gasteiger partial charge in [-0.15, -0.1) is 0 Å². The molecule has 10 aromatic rings. The molecule has 10 rings (SSSR count). The molecule has 0 radical (unpaired) electrons. The standard InChI is InChI=1S/C19H20O3.C18H19NO5S.C18H17NO4.C18H18O5.C16H15NO5/c1-3-13(2)15-10-8-14(9-11-15)12-18(20)16-6-4-5-7-17(16)19(21)22;1-19(25(2,23)24)12-14-7-5-6-13(10-14)11-17(20)15-8-3-4-9-16(15)18(21)22;1-12(20)9-10-13-5-4-6-14(11-13)19-17(21)15-7-2-3-8-16(15)18(22)23;1-22-10-11-23-14-8-6-13(7-9-14)12-17(19)15-4-2-3-5-16(15)18(20)21;18-9-10-22-12-7-5-11(6-8-12)17-15(19)13-3-1-2-4-14(13)16(20)21/h4-11,13H,3,12H2,1-2H3,(H,21,22);3-10H,11-12H2,1-2H3,(H,21,22);2-8,11H,9-10H2,1H3,(H,19,21)(H,22,23);2-9H,10-12H2,1H3,(H,20,21);1-8,18H,9-10H2,(H,17,19)(H,20,21). The number of carbonyl (C=O) groups is 11. The Hall–Kier alpha value is -13.4. The van der Waals surface area contributed by atoms with Crippen molar-refractivity contribution in [2.45, 2.75) is 71.8 Å². The van der Waals surface area contributed by atoms with Crippen LogP contribution < -0.4 is 20.1 Å². The fourth-order valence-corrected chi connectivity index (χ4v) is 11.4. The zero-order chi connectivity index (χ0) is 84.2. The molecule has 0 aliphatic heterocycles. The molecule has 0 heterocycles. The molecule has 0 fully saturated rings. The third kappa shape index (κ3) is 29.7. The summed E-state index contributed by atoms with van der Waals surface area (Å²) in [6.45, 7) is 7.13. The molecule has 26 heteroatoms. The fourth-order valence-electron chi connectivity index (χ4n) is 11.0. The number of benzene rings is 10. The van der Waals surface area contributed by atoms with Crippen molar-refractivity contribution in [3.05, 3.63) is 332 Å². The molecule has 598 valence electrons. The number of aromatic carboxylic acids is 5. The van der Waals surface area contributed by atoms with Crippen molar-refractivity contribution < 1.29 is 106 Å². The van der Waals surface area contributed by atoms with Gasteiger partial charge in [-0.3, -0.25) is 24.0 Å². The summed E-state index contributed by atoms with van der Waals surface area (Å²) in [5.74, 6) is -5.43. The van der Waals surface area contributed by atoms with E-state index in [1.54, 1.807) is 165 Å². The number of nitrogens with zero attached hydrogens (tertiary/aromatic N) is 1. The monoisotopic (exact) mass is 1580 g/mol. The first-order valence-electron chi connectivity index (χ1n) is 36.0. The second-order valence-corrected chi connectivity index (χ2v) is 27.9. The maximum atomic E-state index is 12.5. The lowest BCUT2D eigenvalue weighted by atomic mass is 9.95. The Bertz CT molecular complexity index is 5160. The number of carbonyl (C=O) groups excluding carboxylic acids is 6. The van der Waals surface area contributed by atoms with Gasteiger partial charge < -0.3 is 60.3 Å². The van der Waals surface area contributed by atoms with E-state index in [9.17, 15) is 66.3 Å². The lowest BCUT2D eigenvalue weighted by Gasteiger charge is -2.14. The Morgan fingerprint density at radius 3 is 1.17 bits per heavy atom. The highest BCUT2D eigenvalue weighted by molar-refractivity contribution is 7.88. The number of carboxylic acids is 5. The summed E-state index contributed by atoms with van der Waals surface area (Å²) in [6.07, 6.45) is 3.64. The third-order valence-electron chi connectivity index (χ3n) is 17.3. The zero-order valence-corrected chi connectivity index (χ0v) is 64.8. The Balaban J connectivity index is 0.000000224. The summed E-state index contributed by atoms with van der Waals surface area (Å²) in [5.41, 5.74) is 7.23. The van der Waals surface area contributed by atoms with Crippen LogP contribution in [0.1, 0.15) is 176 Å². The van der Waals surface area contributed by atoms with Gasteiger partial charge in [-0.25, -0.2) is 36.7 Å². The molecule has 2 amide bonds. The second-order valence-electron chi connectivity index (χ2n) is 25.8. The van der Waals surface area contributed by atoms with Crippen molar-refractivity contribution in [1.82, 2.24) is 4.31 Å². The number of rotatable bonds is 33. The summed E-state index contributed by atoms with van der Waals surface area (Å²) in [6, 6.07) is 66.6. The number of carboxylic acid groups (broad SMARTS) is 5. The fraction of sp³-hybridized carbons (Fsp3) is 0.202. The molecule has 0 saturated carbocycles. The Morgan fingerprint density at radius 1 is 0.409 bits per heavy atom. The van der Waals surface area contributed by atoms with E-state index in [1.807, 2.05) is 30.3 Å². The number of amides is 2. The van der Waals surface area contributed by atoms with E-state index in [0.29, 0.717) is 60.4 Å². The summed E-state index contributed by atoms with van der Waals surface area (Å²) in [7, 11) is -0.207. The molecule has 8 N–H and O–H groups in total. The van der Waals surface area contributed by atoms with Crippen LogP contribution in [0.2, 0.25) is 0 Å². The van der Waals surface area contributed by atoms with Crippen LogP contribution in [0.5, 0.6) is 11.5 Å². The number of nitrogens with one attached hydrogen (secondary N) is 2. The van der Waals surface area contributed by atoms with Crippen LogP contribution in [0.15, 0.2) is 243 Å². The van der Waals surface area contributed by atoms with Crippen molar-refractivity contribution in [3.63, 3.8) is 0 Å². The van der Waals surface area contributed by atoms with Gasteiger partial charge in [0.25, 0.3) is 11.8 Å². The number of ketones is 4. The van der Waals surface area contributed by atoms with Gasteiger partial charge in [-0.05, 0) is 150 Å². The molecule has 0 bridgehead atoms. The summed E-state index contributed by atoms with van der Waals surface area (Å²) in [4.78, 5) is 128. The van der Waals surface area contributed by atoms with Gasteiger partial charge >= 0.3 is 29.8 Å². The molecule has 0 saturated heterocycles. The molecule has 10 aromatic carbocycles. The number of ether oxygens (including phenoxy) is 3. The van der Waals surface area contributed by atoms with Crippen LogP contribution in [0.3, 0.4) is 0 Å². The first-order chi connectivity index (χ1) is 54.9. The predicted octanol–water partition coefficient (Wildman–Crippen LogP) is 14.5. The molecule has 1 atom stereocenters. The number of Topliss-reactive ketones (excluding diaryl/α,β-unsaturated/α-hetero) is 4. The number of aliphatic hydroxyl groups excluding tert-OH is 1. The van der Waals surface area contributed by atoms with E-state index in [4.69, 9.17) is 39.7 Å². The van der Waals surface area contributed by atoms with Crippen LogP contribution in [-0.4, -0.2) is 155 Å². The van der Waals surface area contributed by atoms with Crippen LogP contribution in [0.4, 0.5) is 11.4 Å². The minimum absolute atomic E-state index is 0.0250. The Labute approximate surface area is 665 Å². The Morgan fingerprint density at radius 2 is 0.765 bits per heavy atom. The number of aryl methyl sites for hydroxylation is 1. The smallest absolute Gasteiger partial charge is 0.336 e. The van der Waals surface area contributed by atoms with Crippen LogP contribution in [0.25, 0.3) is 0 Å². The number of methoxy groups -OCH3 is 1. The van der Waals surface area contributed by atoms with E-state index >= 15 is 0 Å². The molecule has 0 aromatic heterocycles. The molecule has 0 aliphatic rings. The van der Waals surface area contributed by atoms with Gasteiger partial charge in [0.1, 0.15) is 30.5 Å². The largest absolute Gasteiger partial charge is 0.491 e. The molecule has 1 unspecified atom stereocenters. The SMILES string of the molecule is CC(=O)CCc1cccc(NC(=O)c2ccccc2C(=O)O)c1.CCC(C)c1ccc(CC(=O)c2ccccc2C(=O)O)cc1.CN(Cc1cccc(CC(=O)c2ccccc2C(=O)O)c1)S(C)(=O)=O.COCCOc1ccc(CC(=O)c2ccccc2C(=O)O)cc1.O=C(O)c1ccccc1C(=O)Nc1ccc(OCCO)cc1. The van der Waals surface area contributed by atoms with Crippen LogP contribution >= 0.6 is 0 Å². The minimum atomic E-state index is -3.29. The van der Waals surface area contributed by atoms with Crippen molar-refractivity contribution in [1.29, 1.82) is 0 Å². The average Bonchev–Trinajstić information content (AvgIpc) is 0.857. The number of hydrogen-bond acceptors (Lipinski definition) is 17. The van der Waals surface area contributed by atoms with Crippen LogP contribution in [0, 0.1) is 0 Å². The molecule has 115 heavy (non-hydrogen) atoms. The van der Waals surface area contributed by atoms with Crippen molar-refractivity contribution in [3.8, 4) is 11.5 Å². The van der Waals surface area contributed by atoms with Gasteiger partial charge in [0, 0.05) is 74.5 Å². The number of sulfonamides is 1. The molecule has 0 spiro atoms. The summed E-state index contributed by atoms with van der Waals surface area (Å²) >= 11 is 0. The van der Waals surface area contributed by atoms with E-state index in [-0.39, 0.29) is 118 Å². The summed E-state index contributed by atoms with van der Waals surface area (Å²) < 4.78 is 39.8. The predicted molar refractivity (Wildman–Crippen MR) is 433 cm³/mol. The van der Waals surface area contributed by atoms with Gasteiger partial charge in [0.2, 0.25) is 10.0 Å². The first-order valence-corrected chi connectivity index (χ1v) is 37.8. The van der Waals surface area contributed by atoms with Crippen molar-refractivity contribution in [2.75, 3.05) is 57.5 Å². The first kappa shape index (κ1) is 90.5. The van der Waals surface area contributed by atoms with Crippen molar-refractivity contribution in [2.24, 2.45) is 0 Å². The van der Waals surface area contributed by atoms with E-state index < -0.39 is 51.7 Å². The van der Waals surface area contributed by atoms with E-state index in [0.717, 1.165) is 34.9 Å². The number of anilines is 2. The average molecular weight is 1580 g/mol. The number of hydrogen-bond donors (Lipinski definition) is 8. The lowest BCUT2D eigenvalue weighted by molar-refractivity contribution is -0.117. The van der Waals surface area contributed by atoms with Gasteiger partial charge in [0.05, 0.1) is 58.4 Å². The maximum absolute atomic E-state index is 12.5. The normalized spacial score (nSPS) is 10.8. The third-order valence-corrected chi connectivity index (χ3v) is 18.6. The van der Waals surface area contributed by atoms with E-state index in [2.05, 4.69) is 24.5 Å². The molecular weight excluding hydrogens is 1500 g/mol. The highest BCUT2D eigenvalue weighted by Crippen LogP contribution is 2.24. The molecule has 25 nitrogen and oxygen atoms in total. The topological polar surface area (TPSA) is 398 Å². The van der Waals surface area contributed by atoms with E-state index in [1.165, 1.54) is 78.4 Å². The maximum Gasteiger partial charge on any atom is 0.336 e. The molecule has 0 aliphatic carbocycles. The highest BCUT2D eigenvalue weighted by atomic mass is 32.2. The zero-order valence-electron chi connectivity index (χ0n) is 64.0. The quantitative estimate of drug-likeness (QED) is 0.0140. The second kappa shape index (κ2) is 45.8. The lowest BCUT2D eigenvalue weighted by Crippen LogP contribution is -2.24. The van der Waals surface area contributed by atoms with Crippen molar-refractivity contribution >= 4 is 86.2 Å². The van der Waals surface area contributed by atoms with Gasteiger partial charge in [0.15, 0.2) is 17.3 Å². The molecular formula is C89H89N3O22S. The highest BCUT2D eigenvalue weighted by Gasteiger charge is 2.22. The van der Waals surface area contributed by atoms with Gasteiger partial charge in [-0.2, -0.15) is 0 Å². The minimum Gasteiger partial charge on any atom is -0.491 e.